The second-order valence-corrected chi connectivity index (χ2v) is 7.98. The van der Waals surface area contributed by atoms with Gasteiger partial charge in [0.25, 0.3) is 0 Å². The van der Waals surface area contributed by atoms with Gasteiger partial charge in [0.2, 0.25) is 17.6 Å². The Hall–Kier alpha value is -3.66. The number of imidazole rings is 1. The van der Waals surface area contributed by atoms with Gasteiger partial charge in [-0.1, -0.05) is 11.2 Å². The molecule has 0 aliphatic heterocycles. The van der Waals surface area contributed by atoms with Crippen molar-refractivity contribution in [1.82, 2.24) is 25.0 Å². The fourth-order valence-electron chi connectivity index (χ4n) is 3.26. The predicted octanol–water partition coefficient (Wildman–Crippen LogP) is 3.39. The molecule has 1 N–H and O–H groups in total. The second kappa shape index (κ2) is 9.65. The minimum atomic E-state index is -0.490. The van der Waals surface area contributed by atoms with Gasteiger partial charge in [0.1, 0.15) is 23.4 Å². The number of aryl methyl sites for hydroxylation is 2. The smallest absolute Gasteiger partial charge is 0.227 e. The predicted molar refractivity (Wildman–Crippen MR) is 119 cm³/mol. The van der Waals surface area contributed by atoms with Gasteiger partial charge in [-0.15, -0.1) is 11.3 Å². The summed E-state index contributed by atoms with van der Waals surface area (Å²) in [5.41, 5.74) is 0.793. The molecule has 1 unspecified atom stereocenters. The third kappa shape index (κ3) is 4.80. The molecule has 3 heterocycles. The third-order valence-corrected chi connectivity index (χ3v) is 5.77. The molecular formula is C22H23N5O4S. The first kappa shape index (κ1) is 21.6. The number of benzene rings is 1. The molecule has 0 saturated heterocycles. The zero-order chi connectivity index (χ0) is 22.5. The molecule has 1 atom stereocenters. The second-order valence-electron chi connectivity index (χ2n) is 7.03. The van der Waals surface area contributed by atoms with Gasteiger partial charge in [0.15, 0.2) is 0 Å². The van der Waals surface area contributed by atoms with Crippen LogP contribution in [0.2, 0.25) is 0 Å². The Kier molecular flexibility index (Phi) is 6.50. The van der Waals surface area contributed by atoms with Crippen LogP contribution in [0.4, 0.5) is 0 Å². The van der Waals surface area contributed by atoms with Gasteiger partial charge in [-0.2, -0.15) is 4.98 Å². The van der Waals surface area contributed by atoms with E-state index in [1.165, 1.54) is 11.3 Å². The van der Waals surface area contributed by atoms with Crippen LogP contribution in [0.5, 0.6) is 11.5 Å². The summed E-state index contributed by atoms with van der Waals surface area (Å²) >= 11 is 1.53. The SMILES string of the molecule is COc1cc(OC)cc(C(NC(=O)CCc2nc(-c3cccs3)no2)c2nccn2C)c1. The number of amides is 1. The first-order chi connectivity index (χ1) is 15.6. The molecule has 0 spiro atoms. The maximum atomic E-state index is 12.9. The number of aromatic nitrogens is 4. The minimum absolute atomic E-state index is 0.171. The molecule has 0 bridgehead atoms. The molecule has 0 aliphatic rings. The van der Waals surface area contributed by atoms with Gasteiger partial charge in [0.05, 0.1) is 19.1 Å². The average molecular weight is 454 g/mol. The maximum Gasteiger partial charge on any atom is 0.227 e. The lowest BCUT2D eigenvalue weighted by molar-refractivity contribution is -0.121. The van der Waals surface area contributed by atoms with E-state index >= 15 is 0 Å². The lowest BCUT2D eigenvalue weighted by atomic mass is 10.0. The molecule has 9 nitrogen and oxygen atoms in total. The number of rotatable bonds is 9. The average Bonchev–Trinajstić information content (AvgIpc) is 3.57. The van der Waals surface area contributed by atoms with Crippen molar-refractivity contribution in [2.24, 2.45) is 7.05 Å². The van der Waals surface area contributed by atoms with Crippen molar-refractivity contribution in [3.05, 3.63) is 65.4 Å². The van der Waals surface area contributed by atoms with Crippen molar-refractivity contribution < 1.29 is 18.8 Å². The highest BCUT2D eigenvalue weighted by Crippen LogP contribution is 2.29. The van der Waals surface area contributed by atoms with Crippen LogP contribution in [0.25, 0.3) is 10.7 Å². The molecule has 0 fully saturated rings. The first-order valence-corrected chi connectivity index (χ1v) is 10.8. The molecule has 0 radical (unpaired) electrons. The topological polar surface area (TPSA) is 104 Å². The summed E-state index contributed by atoms with van der Waals surface area (Å²) in [6.45, 7) is 0. The largest absolute Gasteiger partial charge is 0.497 e. The Morgan fingerprint density at radius 3 is 2.66 bits per heavy atom. The summed E-state index contributed by atoms with van der Waals surface area (Å²) in [4.78, 5) is 22.6. The van der Waals surface area contributed by atoms with Crippen LogP contribution in [0.15, 0.2) is 52.6 Å². The van der Waals surface area contributed by atoms with Crippen LogP contribution in [0.3, 0.4) is 0 Å². The normalized spacial score (nSPS) is 11.8. The van der Waals surface area contributed by atoms with E-state index < -0.39 is 6.04 Å². The number of hydrogen-bond donors (Lipinski definition) is 1. The van der Waals surface area contributed by atoms with E-state index in [2.05, 4.69) is 20.4 Å². The van der Waals surface area contributed by atoms with E-state index in [0.717, 1.165) is 10.4 Å². The summed E-state index contributed by atoms with van der Waals surface area (Å²) in [5.74, 6) is 2.71. The number of methoxy groups -OCH3 is 2. The van der Waals surface area contributed by atoms with Crippen molar-refractivity contribution in [1.29, 1.82) is 0 Å². The summed E-state index contributed by atoms with van der Waals surface area (Å²) < 4.78 is 17.9. The van der Waals surface area contributed by atoms with Gasteiger partial charge < -0.3 is 23.9 Å². The lowest BCUT2D eigenvalue weighted by Gasteiger charge is -2.20. The van der Waals surface area contributed by atoms with Gasteiger partial charge in [0, 0.05) is 38.3 Å². The van der Waals surface area contributed by atoms with Crippen LogP contribution in [-0.2, 0) is 18.3 Å². The van der Waals surface area contributed by atoms with Crippen LogP contribution < -0.4 is 14.8 Å². The van der Waals surface area contributed by atoms with Crippen molar-refractivity contribution in [2.75, 3.05) is 14.2 Å². The van der Waals surface area contributed by atoms with E-state index in [-0.39, 0.29) is 12.3 Å². The zero-order valence-electron chi connectivity index (χ0n) is 17.9. The van der Waals surface area contributed by atoms with E-state index in [0.29, 0.717) is 35.5 Å². The molecule has 3 aromatic heterocycles. The van der Waals surface area contributed by atoms with Crippen molar-refractivity contribution in [2.45, 2.75) is 18.9 Å². The van der Waals surface area contributed by atoms with Gasteiger partial charge in [-0.25, -0.2) is 4.98 Å². The quantitative estimate of drug-likeness (QED) is 0.414. The van der Waals surface area contributed by atoms with Gasteiger partial charge in [-0.3, -0.25) is 4.79 Å². The minimum Gasteiger partial charge on any atom is -0.497 e. The van der Waals surface area contributed by atoms with Gasteiger partial charge >= 0.3 is 0 Å². The Morgan fingerprint density at radius 1 is 1.25 bits per heavy atom. The summed E-state index contributed by atoms with van der Waals surface area (Å²) in [5, 5.41) is 9.00. The lowest BCUT2D eigenvalue weighted by Crippen LogP contribution is -2.31. The monoisotopic (exact) mass is 453 g/mol. The molecule has 1 aromatic carbocycles. The van der Waals surface area contributed by atoms with Gasteiger partial charge in [-0.05, 0) is 29.1 Å². The first-order valence-electron chi connectivity index (χ1n) is 9.93. The number of carbonyl (C=O) groups is 1. The standard InChI is InChI=1S/C22H23N5O4S/c1-27-9-8-23-22(27)20(14-11-15(29-2)13-16(12-14)30-3)24-18(28)6-7-19-25-21(26-31-19)17-5-4-10-32-17/h4-5,8-13,20H,6-7H2,1-3H3,(H,24,28). The molecule has 4 rings (SSSR count). The Bertz CT molecular complexity index is 1160. The highest BCUT2D eigenvalue weighted by Gasteiger charge is 2.23. The number of thiophene rings is 1. The molecule has 32 heavy (non-hydrogen) atoms. The fourth-order valence-corrected chi connectivity index (χ4v) is 3.91. The molecule has 166 valence electrons. The number of carbonyl (C=O) groups excluding carboxylic acids is 1. The molecule has 1 amide bonds. The van der Waals surface area contributed by atoms with Crippen LogP contribution in [-0.4, -0.2) is 39.8 Å². The van der Waals surface area contributed by atoms with Crippen LogP contribution >= 0.6 is 11.3 Å². The molecule has 0 saturated carbocycles. The van der Waals surface area contributed by atoms with E-state index in [4.69, 9.17) is 14.0 Å². The summed E-state index contributed by atoms with van der Waals surface area (Å²) in [6.07, 6.45) is 4.04. The summed E-state index contributed by atoms with van der Waals surface area (Å²) in [6, 6.07) is 8.85. The number of hydrogen-bond acceptors (Lipinski definition) is 8. The molecule has 10 heteroatoms. The Labute approximate surface area is 189 Å². The Balaban J connectivity index is 1.50. The maximum absolute atomic E-state index is 12.9. The highest BCUT2D eigenvalue weighted by molar-refractivity contribution is 7.13. The fraction of sp³-hybridized carbons (Fsp3) is 0.273. The Morgan fingerprint density at radius 2 is 2.03 bits per heavy atom. The van der Waals surface area contributed by atoms with E-state index in [1.807, 2.05) is 47.5 Å². The van der Waals surface area contributed by atoms with Crippen molar-refractivity contribution >= 4 is 17.2 Å². The van der Waals surface area contributed by atoms with Crippen LogP contribution in [0.1, 0.15) is 29.7 Å². The highest BCUT2D eigenvalue weighted by atomic mass is 32.1. The number of ether oxygens (including phenoxy) is 2. The molecule has 0 aliphatic carbocycles. The third-order valence-electron chi connectivity index (χ3n) is 4.90. The van der Waals surface area contributed by atoms with Crippen LogP contribution in [0, 0.1) is 0 Å². The number of nitrogens with one attached hydrogen (secondary N) is 1. The van der Waals surface area contributed by atoms with E-state index in [1.54, 1.807) is 26.5 Å². The van der Waals surface area contributed by atoms with Crippen molar-refractivity contribution in [3.8, 4) is 22.2 Å². The zero-order valence-corrected chi connectivity index (χ0v) is 18.8. The molecule has 4 aromatic rings. The van der Waals surface area contributed by atoms with E-state index in [9.17, 15) is 4.79 Å². The molecular weight excluding hydrogens is 430 g/mol. The summed E-state index contributed by atoms with van der Waals surface area (Å²) in [7, 11) is 5.05. The number of nitrogens with zero attached hydrogens (tertiary/aromatic N) is 4. The van der Waals surface area contributed by atoms with Crippen molar-refractivity contribution in [3.63, 3.8) is 0 Å².